The first-order valence-corrected chi connectivity index (χ1v) is 35.4. The SMILES string of the molecule is Cc1ccc2ccc3c(-c4ccc5ccccc5c4)cc(-c4ccc(-c5cccc(-c6nc(-c7ccccc7)cc(-c7ccc(-c8cc(C)nc9c8ccc8c(-c%10ccccc%10)cc(-c%10ccc(-c%11cccc(-c%12nc(-c%13ccccc%13)nc(-c%13ccccn%13)n%12)c%11)cc%10)nc89)cn7)n6)c5)cc4)nc3c2n1. The van der Waals surface area contributed by atoms with Crippen LogP contribution in [0.25, 0.3) is 201 Å². The molecule has 11 nitrogen and oxygen atoms in total. The number of nitrogens with zero attached hydrogens (tertiary/aromatic N) is 11. The Hall–Kier alpha value is -14.3. The average molecular weight is 1360 g/mol. The predicted molar refractivity (Wildman–Crippen MR) is 430 cm³/mol. The van der Waals surface area contributed by atoms with Crippen LogP contribution in [0, 0.1) is 13.8 Å². The fourth-order valence-electron chi connectivity index (χ4n) is 14.4. The van der Waals surface area contributed by atoms with E-state index in [1.54, 1.807) is 6.20 Å². The number of benzene rings is 11. The van der Waals surface area contributed by atoms with Crippen molar-refractivity contribution in [1.82, 2.24) is 54.8 Å². The normalized spacial score (nSPS) is 11.5. The van der Waals surface area contributed by atoms with Crippen molar-refractivity contribution in [2.45, 2.75) is 13.8 Å². The van der Waals surface area contributed by atoms with E-state index < -0.39 is 0 Å². The van der Waals surface area contributed by atoms with E-state index >= 15 is 0 Å². The molecule has 106 heavy (non-hydrogen) atoms. The van der Waals surface area contributed by atoms with Gasteiger partial charge in [-0.3, -0.25) is 19.9 Å². The van der Waals surface area contributed by atoms with Crippen molar-refractivity contribution < 1.29 is 0 Å². The highest BCUT2D eigenvalue weighted by Gasteiger charge is 2.21. The monoisotopic (exact) mass is 1360 g/mol. The zero-order chi connectivity index (χ0) is 70.6. The van der Waals surface area contributed by atoms with Crippen molar-refractivity contribution in [3.05, 3.63) is 345 Å². The Morgan fingerprint density at radius 2 is 0.642 bits per heavy atom. The Labute approximate surface area is 611 Å². The van der Waals surface area contributed by atoms with Crippen molar-refractivity contribution in [1.29, 1.82) is 0 Å². The van der Waals surface area contributed by atoms with Crippen LogP contribution >= 0.6 is 0 Å². The first-order chi connectivity index (χ1) is 52.3. The number of aryl methyl sites for hydroxylation is 2. The van der Waals surface area contributed by atoms with Gasteiger partial charge in [-0.1, -0.05) is 255 Å². The highest BCUT2D eigenvalue weighted by atomic mass is 15.0. The fourth-order valence-corrected chi connectivity index (χ4v) is 14.4. The number of hydrogen-bond acceptors (Lipinski definition) is 11. The third-order valence-corrected chi connectivity index (χ3v) is 19.8. The number of fused-ring (bicyclic) bond motifs is 7. The summed E-state index contributed by atoms with van der Waals surface area (Å²) in [4.78, 5) is 56.4. The first kappa shape index (κ1) is 62.7. The molecule has 19 aromatic rings. The van der Waals surface area contributed by atoms with Gasteiger partial charge in [-0.25, -0.2) is 34.9 Å². The lowest BCUT2D eigenvalue weighted by Crippen LogP contribution is -2.01. The summed E-state index contributed by atoms with van der Waals surface area (Å²) in [6.45, 7) is 4.08. The van der Waals surface area contributed by atoms with Crippen LogP contribution in [0.4, 0.5) is 0 Å². The summed E-state index contributed by atoms with van der Waals surface area (Å²) in [7, 11) is 0. The van der Waals surface area contributed by atoms with E-state index in [0.717, 1.165) is 167 Å². The molecule has 0 saturated heterocycles. The minimum atomic E-state index is 0.509. The van der Waals surface area contributed by atoms with Gasteiger partial charge in [-0.2, -0.15) is 0 Å². The molecular weight excluding hydrogens is 1300 g/mol. The van der Waals surface area contributed by atoms with Crippen LogP contribution < -0.4 is 0 Å². The Bertz CT molecular complexity index is 6560. The van der Waals surface area contributed by atoms with Crippen LogP contribution in [-0.2, 0) is 0 Å². The minimum absolute atomic E-state index is 0.509. The van der Waals surface area contributed by atoms with E-state index in [2.05, 4.69) is 242 Å². The Morgan fingerprint density at radius 1 is 0.189 bits per heavy atom. The molecule has 11 heteroatoms. The fraction of sp³-hybridized carbons (Fsp3) is 0.0211. The van der Waals surface area contributed by atoms with E-state index in [9.17, 15) is 0 Å². The van der Waals surface area contributed by atoms with Crippen molar-refractivity contribution in [2.24, 2.45) is 0 Å². The van der Waals surface area contributed by atoms with E-state index in [4.69, 9.17) is 49.8 Å². The van der Waals surface area contributed by atoms with Gasteiger partial charge in [0.2, 0.25) is 0 Å². The summed E-state index contributed by atoms with van der Waals surface area (Å²) >= 11 is 0. The topological polar surface area (TPSA) is 142 Å². The van der Waals surface area contributed by atoms with Crippen LogP contribution in [0.2, 0.25) is 0 Å². The van der Waals surface area contributed by atoms with Gasteiger partial charge in [0.05, 0.1) is 50.5 Å². The second-order valence-corrected chi connectivity index (χ2v) is 26.7. The van der Waals surface area contributed by atoms with Crippen LogP contribution in [-0.4, -0.2) is 54.8 Å². The lowest BCUT2D eigenvalue weighted by Gasteiger charge is -2.15. The van der Waals surface area contributed by atoms with Crippen molar-refractivity contribution >= 4 is 54.4 Å². The Kier molecular flexibility index (Phi) is 15.7. The number of hydrogen-bond donors (Lipinski definition) is 0. The van der Waals surface area contributed by atoms with Gasteiger partial charge in [0.15, 0.2) is 23.3 Å². The summed E-state index contributed by atoms with van der Waals surface area (Å²) in [6.07, 6.45) is 3.70. The number of pyridine rings is 6. The van der Waals surface area contributed by atoms with Crippen LogP contribution in [0.1, 0.15) is 11.4 Å². The molecule has 0 spiro atoms. The van der Waals surface area contributed by atoms with Crippen molar-refractivity contribution in [2.75, 3.05) is 0 Å². The zero-order valence-corrected chi connectivity index (χ0v) is 57.7. The molecule has 19 rings (SSSR count). The Balaban J connectivity index is 0.641. The molecular formula is C95H61N11. The number of rotatable bonds is 13. The van der Waals surface area contributed by atoms with E-state index in [1.165, 1.54) is 10.8 Å². The van der Waals surface area contributed by atoms with Gasteiger partial charge in [-0.05, 0) is 141 Å². The molecule has 496 valence electrons. The van der Waals surface area contributed by atoms with Gasteiger partial charge in [0, 0.05) is 84.3 Å². The third kappa shape index (κ3) is 12.0. The lowest BCUT2D eigenvalue weighted by atomic mass is 9.94. The summed E-state index contributed by atoms with van der Waals surface area (Å²) in [5.41, 5.74) is 25.9. The van der Waals surface area contributed by atoms with E-state index in [0.29, 0.717) is 34.7 Å². The number of aromatic nitrogens is 11. The molecule has 0 atom stereocenters. The molecule has 11 aromatic carbocycles. The lowest BCUT2D eigenvalue weighted by molar-refractivity contribution is 1.06. The molecule has 0 aliphatic carbocycles. The molecule has 8 aromatic heterocycles. The standard InChI is InChI=1S/C95H61N11/c1-58-31-32-67-43-45-76-81(72-42-37-60-18-12-13-25-69(60)51-72)55-85(100-89(76)88(67)98-58)66-40-35-61(36-41-66)70-26-16-28-73(52-70)93-102-86(64-21-8-4-9-22-64)56-87(103-93)82-48-44-75(57-97-82)79-50-59(2)99-90-77(79)46-47-78-80(63-19-6-3-7-20-63)54-84(101-91(78)90)65-38-33-62(34-39-65)71-27-17-29-74(53-71)94-104-92(68-23-10-5-11-24-68)105-95(106-94)83-30-14-15-49-96-83/h3-57H,1-2H3. The van der Waals surface area contributed by atoms with Gasteiger partial charge in [0.25, 0.3) is 0 Å². The van der Waals surface area contributed by atoms with Crippen molar-refractivity contribution in [3.8, 4) is 146 Å². The predicted octanol–water partition coefficient (Wildman–Crippen LogP) is 23.1. The smallest absolute Gasteiger partial charge is 0.182 e. The van der Waals surface area contributed by atoms with E-state index in [-0.39, 0.29) is 0 Å². The maximum atomic E-state index is 5.53. The summed E-state index contributed by atoms with van der Waals surface area (Å²) in [5.74, 6) is 2.25. The van der Waals surface area contributed by atoms with Crippen LogP contribution in [0.3, 0.4) is 0 Å². The van der Waals surface area contributed by atoms with Gasteiger partial charge in [0.1, 0.15) is 5.69 Å². The van der Waals surface area contributed by atoms with Gasteiger partial charge >= 0.3 is 0 Å². The summed E-state index contributed by atoms with van der Waals surface area (Å²) in [6, 6.07) is 112. The second-order valence-electron chi connectivity index (χ2n) is 26.7. The summed E-state index contributed by atoms with van der Waals surface area (Å²) < 4.78 is 0. The third-order valence-electron chi connectivity index (χ3n) is 19.8. The van der Waals surface area contributed by atoms with Crippen LogP contribution in [0.5, 0.6) is 0 Å². The maximum absolute atomic E-state index is 5.53. The molecule has 0 unspecified atom stereocenters. The highest BCUT2D eigenvalue weighted by molar-refractivity contribution is 6.13. The molecule has 8 heterocycles. The molecule has 0 aliphatic heterocycles. The molecule has 0 bridgehead atoms. The summed E-state index contributed by atoms with van der Waals surface area (Å²) in [5, 5.41) is 6.49. The van der Waals surface area contributed by atoms with Gasteiger partial charge in [-0.15, -0.1) is 0 Å². The largest absolute Gasteiger partial charge is 0.254 e. The van der Waals surface area contributed by atoms with Crippen LogP contribution in [0.15, 0.2) is 334 Å². The molecule has 0 saturated carbocycles. The minimum Gasteiger partial charge on any atom is -0.254 e. The zero-order valence-electron chi connectivity index (χ0n) is 57.7. The molecule has 0 N–H and O–H groups in total. The first-order valence-electron chi connectivity index (χ1n) is 35.4. The second kappa shape index (κ2) is 26.6. The molecule has 0 fully saturated rings. The molecule has 0 aliphatic rings. The quantitative estimate of drug-likeness (QED) is 0.102. The van der Waals surface area contributed by atoms with Gasteiger partial charge < -0.3 is 0 Å². The van der Waals surface area contributed by atoms with E-state index in [1.807, 2.05) is 105 Å². The molecule has 0 amide bonds. The Morgan fingerprint density at radius 3 is 1.28 bits per heavy atom. The maximum Gasteiger partial charge on any atom is 0.182 e. The average Bonchev–Trinajstić information content (AvgIpc) is 0.748. The van der Waals surface area contributed by atoms with Crippen molar-refractivity contribution in [3.63, 3.8) is 0 Å². The molecule has 0 radical (unpaired) electrons. The highest BCUT2D eigenvalue weighted by Crippen LogP contribution is 2.42.